The van der Waals surface area contributed by atoms with Crippen LogP contribution in [0.25, 0.3) is 6.08 Å². The van der Waals surface area contributed by atoms with E-state index >= 15 is 0 Å². The monoisotopic (exact) mass is 456 g/mol. The Labute approximate surface area is 191 Å². The summed E-state index contributed by atoms with van der Waals surface area (Å²) in [6, 6.07) is 12.3. The molecule has 0 bridgehead atoms. The molecule has 0 unspecified atom stereocenters. The van der Waals surface area contributed by atoms with Crippen LogP contribution in [0.2, 0.25) is 0 Å². The number of amides is 2. The fraction of sp³-hybridized carbons (Fsp3) is 0.360. The Morgan fingerprint density at radius 2 is 1.82 bits per heavy atom. The molecule has 0 atom stereocenters. The number of hydrogen-bond donors (Lipinski definition) is 1. The van der Waals surface area contributed by atoms with E-state index in [2.05, 4.69) is 10.1 Å². The van der Waals surface area contributed by atoms with Gasteiger partial charge in [-0.25, -0.2) is 0 Å². The zero-order chi connectivity index (χ0) is 23.4. The first-order valence-corrected chi connectivity index (χ1v) is 10.9. The van der Waals surface area contributed by atoms with Crippen LogP contribution < -0.4 is 14.8 Å². The van der Waals surface area contributed by atoms with Crippen LogP contribution in [0.1, 0.15) is 47.2 Å². The molecule has 2 aromatic carbocycles. The number of halogens is 2. The fourth-order valence-electron chi connectivity index (χ4n) is 3.47. The minimum atomic E-state index is -2.95. The van der Waals surface area contributed by atoms with Gasteiger partial charge < -0.3 is 19.7 Å². The number of hydrogen-bond acceptors (Lipinski definition) is 4. The number of carbonyl (C=O) groups excluding carboxylic acids is 2. The van der Waals surface area contributed by atoms with Gasteiger partial charge in [-0.15, -0.1) is 0 Å². The molecular weight excluding hydrogens is 430 g/mol. The normalized spacial score (nSPS) is 15.5. The van der Waals surface area contributed by atoms with E-state index < -0.39 is 6.61 Å². The van der Waals surface area contributed by atoms with Crippen LogP contribution in [0.4, 0.5) is 8.78 Å². The third-order valence-electron chi connectivity index (χ3n) is 5.57. The molecule has 2 aliphatic rings. The van der Waals surface area contributed by atoms with Crippen molar-refractivity contribution in [3.63, 3.8) is 0 Å². The molecule has 0 radical (unpaired) electrons. The Morgan fingerprint density at radius 3 is 2.42 bits per heavy atom. The van der Waals surface area contributed by atoms with E-state index in [9.17, 15) is 18.4 Å². The van der Waals surface area contributed by atoms with Gasteiger partial charge in [-0.2, -0.15) is 8.78 Å². The highest BCUT2D eigenvalue weighted by Crippen LogP contribution is 2.31. The number of alkyl halides is 2. The molecule has 0 saturated heterocycles. The van der Waals surface area contributed by atoms with Gasteiger partial charge in [0.05, 0.1) is 7.11 Å². The largest absolute Gasteiger partial charge is 0.493 e. The van der Waals surface area contributed by atoms with Gasteiger partial charge in [-0.1, -0.05) is 18.2 Å². The number of ether oxygens (including phenoxy) is 2. The van der Waals surface area contributed by atoms with Gasteiger partial charge in [0, 0.05) is 30.3 Å². The molecule has 2 amide bonds. The molecule has 33 heavy (non-hydrogen) atoms. The molecule has 0 heterocycles. The molecule has 2 aliphatic carbocycles. The highest BCUT2D eigenvalue weighted by atomic mass is 19.3. The van der Waals surface area contributed by atoms with Gasteiger partial charge in [-0.05, 0) is 67.2 Å². The lowest BCUT2D eigenvalue weighted by molar-refractivity contribution is -0.127. The summed E-state index contributed by atoms with van der Waals surface area (Å²) in [6.45, 7) is -2.50. The van der Waals surface area contributed by atoms with Crippen molar-refractivity contribution in [3.8, 4) is 11.5 Å². The number of rotatable bonds is 10. The molecular formula is C25H26F2N2O4. The molecule has 174 valence electrons. The van der Waals surface area contributed by atoms with Gasteiger partial charge in [0.15, 0.2) is 11.5 Å². The Morgan fingerprint density at radius 1 is 1.09 bits per heavy atom. The van der Waals surface area contributed by atoms with Crippen LogP contribution >= 0.6 is 0 Å². The Kier molecular flexibility index (Phi) is 6.91. The predicted octanol–water partition coefficient (Wildman–Crippen LogP) is 4.39. The zero-order valence-corrected chi connectivity index (χ0v) is 18.3. The van der Waals surface area contributed by atoms with E-state index in [-0.39, 0.29) is 29.4 Å². The summed E-state index contributed by atoms with van der Waals surface area (Å²) in [6.07, 6.45) is 7.08. The first kappa shape index (κ1) is 22.8. The van der Waals surface area contributed by atoms with Crippen LogP contribution in [-0.4, -0.2) is 42.5 Å². The molecule has 1 N–H and O–H groups in total. The van der Waals surface area contributed by atoms with E-state index in [1.54, 1.807) is 29.2 Å². The molecule has 6 nitrogen and oxygen atoms in total. The molecule has 0 spiro atoms. The predicted molar refractivity (Wildman–Crippen MR) is 119 cm³/mol. The van der Waals surface area contributed by atoms with Crippen LogP contribution in [0, 0.1) is 0 Å². The van der Waals surface area contributed by atoms with Crippen LogP contribution in [0.5, 0.6) is 11.5 Å². The van der Waals surface area contributed by atoms with Gasteiger partial charge in [0.25, 0.3) is 5.91 Å². The number of methoxy groups -OCH3 is 1. The second-order valence-electron chi connectivity index (χ2n) is 8.26. The van der Waals surface area contributed by atoms with Crippen molar-refractivity contribution in [1.82, 2.24) is 10.2 Å². The molecule has 0 aliphatic heterocycles. The summed E-state index contributed by atoms with van der Waals surface area (Å²) < 4.78 is 34.5. The van der Waals surface area contributed by atoms with E-state index in [0.29, 0.717) is 23.7 Å². The van der Waals surface area contributed by atoms with Crippen molar-refractivity contribution in [2.45, 2.75) is 50.9 Å². The Bertz CT molecular complexity index is 1030. The van der Waals surface area contributed by atoms with Gasteiger partial charge in [0.2, 0.25) is 5.91 Å². The number of carbonyl (C=O) groups is 2. The van der Waals surface area contributed by atoms with E-state index in [0.717, 1.165) is 31.2 Å². The van der Waals surface area contributed by atoms with Crippen molar-refractivity contribution >= 4 is 17.9 Å². The molecule has 0 aromatic heterocycles. The highest BCUT2D eigenvalue weighted by molar-refractivity contribution is 5.94. The summed E-state index contributed by atoms with van der Waals surface area (Å²) >= 11 is 0. The average Bonchev–Trinajstić information content (AvgIpc) is 3.72. The smallest absolute Gasteiger partial charge is 0.387 e. The van der Waals surface area contributed by atoms with Gasteiger partial charge in [-0.3, -0.25) is 9.59 Å². The third kappa shape index (κ3) is 6.31. The quantitative estimate of drug-likeness (QED) is 0.539. The van der Waals surface area contributed by atoms with Crippen LogP contribution in [-0.2, 0) is 11.3 Å². The van der Waals surface area contributed by atoms with E-state index in [1.165, 1.54) is 25.3 Å². The van der Waals surface area contributed by atoms with Crippen molar-refractivity contribution in [2.24, 2.45) is 0 Å². The lowest BCUT2D eigenvalue weighted by Crippen LogP contribution is -2.31. The number of nitrogens with zero attached hydrogens (tertiary/aromatic N) is 1. The van der Waals surface area contributed by atoms with Crippen LogP contribution in [0.3, 0.4) is 0 Å². The maximum Gasteiger partial charge on any atom is 0.387 e. The van der Waals surface area contributed by atoms with E-state index in [4.69, 9.17) is 4.74 Å². The van der Waals surface area contributed by atoms with Gasteiger partial charge >= 0.3 is 6.61 Å². The summed E-state index contributed by atoms with van der Waals surface area (Å²) in [5.74, 6) is -0.109. The Hall–Kier alpha value is -3.42. The van der Waals surface area contributed by atoms with Crippen LogP contribution in [0.15, 0.2) is 48.5 Å². The molecule has 2 fully saturated rings. The van der Waals surface area contributed by atoms with Crippen molar-refractivity contribution in [1.29, 1.82) is 0 Å². The maximum absolute atomic E-state index is 12.9. The van der Waals surface area contributed by atoms with Gasteiger partial charge in [0.1, 0.15) is 0 Å². The maximum atomic E-state index is 12.9. The first-order chi connectivity index (χ1) is 15.9. The standard InChI is InChI=1S/C25H26F2N2O4/c1-32-22-14-16(4-12-21(22)33-25(26)27)5-13-23(30)29(20-10-11-20)15-17-2-6-18(7-3-17)24(31)28-19-8-9-19/h2-7,12-14,19-20,25H,8-11,15H2,1H3,(H,28,31)/b13-5+. The number of nitrogens with one attached hydrogen (secondary N) is 1. The third-order valence-corrected chi connectivity index (χ3v) is 5.57. The fourth-order valence-corrected chi connectivity index (χ4v) is 3.47. The van der Waals surface area contributed by atoms with Crippen molar-refractivity contribution in [3.05, 3.63) is 65.2 Å². The molecule has 8 heteroatoms. The molecule has 4 rings (SSSR count). The Balaban J connectivity index is 1.40. The van der Waals surface area contributed by atoms with E-state index in [1.807, 2.05) is 12.1 Å². The molecule has 2 saturated carbocycles. The van der Waals surface area contributed by atoms with Crippen molar-refractivity contribution < 1.29 is 27.8 Å². The topological polar surface area (TPSA) is 67.9 Å². The second-order valence-corrected chi connectivity index (χ2v) is 8.26. The lowest BCUT2D eigenvalue weighted by atomic mass is 10.1. The summed E-state index contributed by atoms with van der Waals surface area (Å²) in [4.78, 5) is 26.9. The first-order valence-electron chi connectivity index (χ1n) is 10.9. The summed E-state index contributed by atoms with van der Waals surface area (Å²) in [5.41, 5.74) is 2.19. The summed E-state index contributed by atoms with van der Waals surface area (Å²) in [5, 5.41) is 2.96. The average molecular weight is 456 g/mol. The zero-order valence-electron chi connectivity index (χ0n) is 18.3. The second kappa shape index (κ2) is 10.0. The summed E-state index contributed by atoms with van der Waals surface area (Å²) in [7, 11) is 1.36. The highest BCUT2D eigenvalue weighted by Gasteiger charge is 2.31. The SMILES string of the molecule is COc1cc(/C=C/C(=O)N(Cc2ccc(C(=O)NC3CC3)cc2)C2CC2)ccc1OC(F)F. The molecule has 2 aromatic rings. The lowest BCUT2D eigenvalue weighted by Gasteiger charge is -2.21. The van der Waals surface area contributed by atoms with Crippen molar-refractivity contribution in [2.75, 3.05) is 7.11 Å². The minimum Gasteiger partial charge on any atom is -0.493 e. The minimum absolute atomic E-state index is 0.0650. The number of benzene rings is 2.